The molecule has 1 aromatic heterocycles. The number of benzene rings is 1. The molecule has 0 saturated carbocycles. The summed E-state index contributed by atoms with van der Waals surface area (Å²) in [6.07, 6.45) is 1.09. The predicted octanol–water partition coefficient (Wildman–Crippen LogP) is 2.32. The molecule has 5 nitrogen and oxygen atoms in total. The van der Waals surface area contributed by atoms with Crippen LogP contribution in [0.15, 0.2) is 22.6 Å². The first kappa shape index (κ1) is 12.9. The van der Waals surface area contributed by atoms with Crippen molar-refractivity contribution in [3.63, 3.8) is 0 Å². The Bertz CT molecular complexity index is 674. The Hall–Kier alpha value is -2.53. The average molecular weight is 279 g/mol. The maximum Gasteiger partial charge on any atom is 0.205 e. The quantitative estimate of drug-likeness (QED) is 0.666. The van der Waals surface area contributed by atoms with Crippen LogP contribution in [-0.4, -0.2) is 11.2 Å². The van der Waals surface area contributed by atoms with Gasteiger partial charge in [-0.2, -0.15) is 10.4 Å². The molecule has 1 heterocycles. The molecule has 19 heavy (non-hydrogen) atoms. The second kappa shape index (κ2) is 5.41. The summed E-state index contributed by atoms with van der Waals surface area (Å²) in [4.78, 5) is 3.87. The van der Waals surface area contributed by atoms with Crippen molar-refractivity contribution in [2.75, 3.05) is 11.2 Å². The number of aromatic nitrogens is 1. The Balaban J connectivity index is 2.15. The number of nitrogen functional groups attached to an aromatic ring is 1. The Morgan fingerprint density at radius 2 is 2.21 bits per heavy atom. The normalized spacial score (nSPS) is 10.6. The second-order valence-electron chi connectivity index (χ2n) is 3.41. The van der Waals surface area contributed by atoms with Crippen LogP contribution in [0.2, 0.25) is 0 Å². The fourth-order valence-electron chi connectivity index (χ4n) is 1.24. The minimum atomic E-state index is -0.802. The third-order valence-electron chi connectivity index (χ3n) is 2.09. The Labute approximate surface area is 111 Å². The minimum absolute atomic E-state index is 0.0754. The van der Waals surface area contributed by atoms with Crippen molar-refractivity contribution in [3.8, 4) is 6.07 Å². The van der Waals surface area contributed by atoms with Gasteiger partial charge in [-0.1, -0.05) is 0 Å². The van der Waals surface area contributed by atoms with Crippen LogP contribution >= 0.6 is 11.3 Å². The van der Waals surface area contributed by atoms with E-state index in [-0.39, 0.29) is 11.1 Å². The molecular weight excluding hydrogens is 272 g/mol. The van der Waals surface area contributed by atoms with Crippen LogP contribution in [0.4, 0.5) is 19.7 Å². The number of hydrogen-bond donors (Lipinski definition) is 2. The SMILES string of the molecule is N#Cc1cc(F)c(C=NNc2nc(N)cs2)cc1F. The van der Waals surface area contributed by atoms with E-state index in [9.17, 15) is 8.78 Å². The van der Waals surface area contributed by atoms with E-state index < -0.39 is 11.6 Å². The number of thiazole rings is 1. The molecule has 2 aromatic rings. The van der Waals surface area contributed by atoms with Crippen LogP contribution in [0, 0.1) is 23.0 Å². The molecule has 2 rings (SSSR count). The number of hydrogen-bond acceptors (Lipinski definition) is 6. The van der Waals surface area contributed by atoms with Crippen LogP contribution in [0.3, 0.4) is 0 Å². The summed E-state index contributed by atoms with van der Waals surface area (Å²) in [7, 11) is 0. The molecule has 96 valence electrons. The summed E-state index contributed by atoms with van der Waals surface area (Å²) in [5.74, 6) is -1.19. The molecule has 0 unspecified atom stereocenters. The average Bonchev–Trinajstić information content (AvgIpc) is 2.79. The monoisotopic (exact) mass is 279 g/mol. The van der Waals surface area contributed by atoms with E-state index in [1.54, 1.807) is 11.4 Å². The first-order valence-corrected chi connectivity index (χ1v) is 5.87. The maximum atomic E-state index is 13.5. The molecule has 0 bridgehead atoms. The van der Waals surface area contributed by atoms with Crippen LogP contribution in [0.5, 0.6) is 0 Å². The Kier molecular flexibility index (Phi) is 3.68. The number of rotatable bonds is 3. The minimum Gasteiger partial charge on any atom is -0.383 e. The Morgan fingerprint density at radius 1 is 1.42 bits per heavy atom. The number of nitrogens with zero attached hydrogens (tertiary/aromatic N) is 3. The topological polar surface area (TPSA) is 87.1 Å². The van der Waals surface area contributed by atoms with Gasteiger partial charge in [-0.25, -0.2) is 13.8 Å². The van der Waals surface area contributed by atoms with E-state index in [1.165, 1.54) is 11.3 Å². The van der Waals surface area contributed by atoms with Crippen LogP contribution in [0.25, 0.3) is 0 Å². The van der Waals surface area contributed by atoms with Crippen molar-refractivity contribution in [2.24, 2.45) is 5.10 Å². The molecule has 0 saturated heterocycles. The summed E-state index contributed by atoms with van der Waals surface area (Å²) in [6, 6.07) is 3.27. The van der Waals surface area contributed by atoms with E-state index in [4.69, 9.17) is 11.0 Å². The van der Waals surface area contributed by atoms with Gasteiger partial charge in [0.25, 0.3) is 0 Å². The van der Waals surface area contributed by atoms with Gasteiger partial charge < -0.3 is 5.73 Å². The summed E-state index contributed by atoms with van der Waals surface area (Å²) in [6.45, 7) is 0. The van der Waals surface area contributed by atoms with Gasteiger partial charge in [0, 0.05) is 10.9 Å². The third kappa shape index (κ3) is 3.02. The molecule has 0 spiro atoms. The summed E-state index contributed by atoms with van der Waals surface area (Å²) in [5.41, 5.74) is 7.51. The smallest absolute Gasteiger partial charge is 0.205 e. The van der Waals surface area contributed by atoms with Crippen LogP contribution < -0.4 is 11.2 Å². The van der Waals surface area contributed by atoms with Crippen molar-refractivity contribution < 1.29 is 8.78 Å². The summed E-state index contributed by atoms with van der Waals surface area (Å²) in [5, 5.41) is 14.3. The molecule has 0 aliphatic rings. The lowest BCUT2D eigenvalue weighted by molar-refractivity contribution is 0.595. The van der Waals surface area contributed by atoms with E-state index >= 15 is 0 Å². The lowest BCUT2D eigenvalue weighted by Crippen LogP contribution is -1.96. The molecular formula is C11H7F2N5S. The predicted molar refractivity (Wildman–Crippen MR) is 68.8 cm³/mol. The number of hydrazone groups is 1. The molecule has 0 aliphatic carbocycles. The lowest BCUT2D eigenvalue weighted by Gasteiger charge is -1.99. The second-order valence-corrected chi connectivity index (χ2v) is 4.27. The first-order chi connectivity index (χ1) is 9.10. The highest BCUT2D eigenvalue weighted by molar-refractivity contribution is 7.14. The number of nitrogens with two attached hydrogens (primary N) is 1. The highest BCUT2D eigenvalue weighted by Gasteiger charge is 2.08. The van der Waals surface area contributed by atoms with Gasteiger partial charge in [-0.05, 0) is 12.1 Å². The van der Waals surface area contributed by atoms with E-state index in [1.807, 2.05) is 0 Å². The van der Waals surface area contributed by atoms with Crippen LogP contribution in [0.1, 0.15) is 11.1 Å². The standard InChI is InChI=1S/C11H7F2N5S/c12-8-2-7(9(13)1-6(8)3-14)4-16-18-11-17-10(15)5-19-11/h1-2,4-5H,15H2,(H,17,18). The zero-order valence-corrected chi connectivity index (χ0v) is 10.2. The lowest BCUT2D eigenvalue weighted by atomic mass is 10.1. The van der Waals surface area contributed by atoms with Crippen molar-refractivity contribution in [1.29, 1.82) is 5.26 Å². The number of nitrogens with one attached hydrogen (secondary N) is 1. The molecule has 0 radical (unpaired) electrons. The van der Waals surface area contributed by atoms with E-state index in [2.05, 4.69) is 15.5 Å². The highest BCUT2D eigenvalue weighted by atomic mass is 32.1. The molecule has 0 atom stereocenters. The van der Waals surface area contributed by atoms with Gasteiger partial charge >= 0.3 is 0 Å². The molecule has 0 aliphatic heterocycles. The maximum absolute atomic E-state index is 13.5. The molecule has 0 amide bonds. The zero-order chi connectivity index (χ0) is 13.8. The first-order valence-electron chi connectivity index (χ1n) is 4.99. The number of halogens is 2. The van der Waals surface area contributed by atoms with Gasteiger partial charge in [0.1, 0.15) is 23.5 Å². The molecule has 3 N–H and O–H groups in total. The van der Waals surface area contributed by atoms with Gasteiger partial charge in [0.15, 0.2) is 0 Å². The molecule has 1 aromatic carbocycles. The van der Waals surface area contributed by atoms with Gasteiger partial charge in [-0.15, -0.1) is 11.3 Å². The van der Waals surface area contributed by atoms with Crippen molar-refractivity contribution >= 4 is 28.5 Å². The van der Waals surface area contributed by atoms with Gasteiger partial charge in [-0.3, -0.25) is 5.43 Å². The van der Waals surface area contributed by atoms with Crippen LogP contribution in [-0.2, 0) is 0 Å². The molecule has 0 fully saturated rings. The van der Waals surface area contributed by atoms with Crippen molar-refractivity contribution in [2.45, 2.75) is 0 Å². The fourth-order valence-corrected chi connectivity index (χ4v) is 1.79. The number of nitriles is 1. The Morgan fingerprint density at radius 3 is 2.84 bits per heavy atom. The highest BCUT2D eigenvalue weighted by Crippen LogP contribution is 2.16. The van der Waals surface area contributed by atoms with E-state index in [0.717, 1.165) is 18.3 Å². The summed E-state index contributed by atoms with van der Waals surface area (Å²) < 4.78 is 26.8. The zero-order valence-electron chi connectivity index (χ0n) is 9.39. The van der Waals surface area contributed by atoms with Crippen molar-refractivity contribution in [1.82, 2.24) is 4.98 Å². The number of anilines is 2. The van der Waals surface area contributed by atoms with Gasteiger partial charge in [0.05, 0.1) is 11.8 Å². The fraction of sp³-hybridized carbons (Fsp3) is 0. The van der Waals surface area contributed by atoms with Crippen molar-refractivity contribution in [3.05, 3.63) is 40.3 Å². The molecule has 8 heteroatoms. The van der Waals surface area contributed by atoms with Gasteiger partial charge in [0.2, 0.25) is 5.13 Å². The largest absolute Gasteiger partial charge is 0.383 e. The third-order valence-corrected chi connectivity index (χ3v) is 2.86. The summed E-state index contributed by atoms with van der Waals surface area (Å²) >= 11 is 1.23. The van der Waals surface area contributed by atoms with E-state index in [0.29, 0.717) is 10.9 Å².